The lowest BCUT2D eigenvalue weighted by Gasteiger charge is -2.25. The van der Waals surface area contributed by atoms with Gasteiger partial charge in [-0.25, -0.2) is 9.68 Å². The van der Waals surface area contributed by atoms with E-state index in [2.05, 4.69) is 13.8 Å². The van der Waals surface area contributed by atoms with Gasteiger partial charge >= 0.3 is 20.0 Å². The second-order valence-electron chi connectivity index (χ2n) is 9.61. The predicted octanol–water partition coefficient (Wildman–Crippen LogP) is 8.98. The average molecular weight is 552 g/mol. The van der Waals surface area contributed by atoms with Crippen molar-refractivity contribution in [1.29, 1.82) is 0 Å². The van der Waals surface area contributed by atoms with Crippen molar-refractivity contribution in [3.05, 3.63) is 0 Å². The molecule has 0 spiro atoms. The van der Waals surface area contributed by atoms with Crippen LogP contribution < -0.4 is 0 Å². The van der Waals surface area contributed by atoms with Gasteiger partial charge in [0.15, 0.2) is 0 Å². The van der Waals surface area contributed by atoms with Crippen molar-refractivity contribution >= 4 is 26.2 Å². The van der Waals surface area contributed by atoms with E-state index >= 15 is 0 Å². The third-order valence-corrected chi connectivity index (χ3v) is 8.47. The van der Waals surface area contributed by atoms with Crippen LogP contribution in [0.5, 0.6) is 0 Å². The van der Waals surface area contributed by atoms with Crippen molar-refractivity contribution in [3.8, 4) is 0 Å². The monoisotopic (exact) mass is 551 g/mol. The molecule has 0 N–H and O–H groups in total. The maximum absolute atomic E-state index is 12.5. The molecule has 0 aromatic rings. The summed E-state index contributed by atoms with van der Waals surface area (Å²) in [5, 5.41) is 0.238. The zero-order valence-electron chi connectivity index (χ0n) is 23.9. The first-order valence-electron chi connectivity index (χ1n) is 14.7. The molecule has 36 heavy (non-hydrogen) atoms. The van der Waals surface area contributed by atoms with Gasteiger partial charge in [0, 0.05) is 5.25 Å². The summed E-state index contributed by atoms with van der Waals surface area (Å²) in [6, 6.07) is 0. The fraction of sp³-hybridized carbons (Fsp3) is 0.964. The number of carbonyl (C=O) groups is 1. The van der Waals surface area contributed by atoms with Crippen LogP contribution in [0.1, 0.15) is 137 Å². The molecule has 0 aliphatic heterocycles. The molecule has 0 heterocycles. The van der Waals surface area contributed by atoms with Crippen molar-refractivity contribution in [2.24, 2.45) is 0 Å². The Morgan fingerprint density at radius 2 is 1.36 bits per heavy atom. The third-order valence-electron chi connectivity index (χ3n) is 6.20. The highest BCUT2D eigenvalue weighted by molar-refractivity contribution is 7.99. The lowest BCUT2D eigenvalue weighted by atomic mass is 10.1. The molecular weight excluding hydrogens is 495 g/mol. The van der Waals surface area contributed by atoms with Gasteiger partial charge in [0.2, 0.25) is 0 Å². The van der Waals surface area contributed by atoms with Gasteiger partial charge in [0.05, 0.1) is 13.2 Å². The highest BCUT2D eigenvalue weighted by Gasteiger charge is 2.55. The van der Waals surface area contributed by atoms with Crippen LogP contribution in [0.3, 0.4) is 0 Å². The molecule has 0 rings (SSSR count). The highest BCUT2D eigenvalue weighted by Crippen LogP contribution is 2.32. The molecule has 4 atom stereocenters. The van der Waals surface area contributed by atoms with E-state index in [1.165, 1.54) is 83.5 Å². The second-order valence-corrected chi connectivity index (χ2v) is 11.8. The maximum Gasteiger partial charge on any atom is 0.497 e. The summed E-state index contributed by atoms with van der Waals surface area (Å²) in [6.45, 7) is 10.4. The molecule has 0 amide bonds. The van der Waals surface area contributed by atoms with Gasteiger partial charge < -0.3 is 4.74 Å². The molecule has 6 nitrogen and oxygen atoms in total. The maximum atomic E-state index is 12.5. The zero-order chi connectivity index (χ0) is 26.9. The van der Waals surface area contributed by atoms with Crippen LogP contribution in [-0.4, -0.2) is 41.8 Å². The molecule has 214 valence electrons. The van der Waals surface area contributed by atoms with Gasteiger partial charge in [0.25, 0.3) is 0 Å². The highest BCUT2D eigenvalue weighted by atomic mass is 32.2. The van der Waals surface area contributed by atoms with E-state index in [9.17, 15) is 9.36 Å². The SMILES string of the molecule is CCCCCCCCCCCSC(CCCCCCC)C(C)OOC(OCCC)([PH+]=O)C(=O)OCC. The Morgan fingerprint density at radius 1 is 0.806 bits per heavy atom. The third kappa shape index (κ3) is 17.3. The van der Waals surface area contributed by atoms with Gasteiger partial charge in [-0.3, -0.25) is 4.74 Å². The van der Waals surface area contributed by atoms with Gasteiger partial charge in [0.1, 0.15) is 6.10 Å². The molecule has 0 saturated carbocycles. The Hall–Kier alpha value is -0.200. The Bertz CT molecular complexity index is 524. The molecule has 0 aliphatic carbocycles. The van der Waals surface area contributed by atoms with Crippen LogP contribution in [0.4, 0.5) is 0 Å². The first kappa shape index (κ1) is 35.8. The number of unbranched alkanes of at least 4 members (excludes halogenated alkanes) is 12. The van der Waals surface area contributed by atoms with Crippen LogP contribution >= 0.6 is 20.2 Å². The van der Waals surface area contributed by atoms with Gasteiger partial charge in [-0.1, -0.05) is 109 Å². The van der Waals surface area contributed by atoms with Crippen molar-refractivity contribution in [3.63, 3.8) is 0 Å². The van der Waals surface area contributed by atoms with Gasteiger partial charge in [-0.2, -0.15) is 11.8 Å². The lowest BCUT2D eigenvalue weighted by Crippen LogP contribution is -2.42. The van der Waals surface area contributed by atoms with E-state index in [1.807, 2.05) is 25.6 Å². The van der Waals surface area contributed by atoms with Gasteiger partial charge in [-0.05, 0) is 38.9 Å². The van der Waals surface area contributed by atoms with E-state index in [1.54, 1.807) is 6.92 Å². The summed E-state index contributed by atoms with van der Waals surface area (Å²) in [5.74, 6) is 0.277. The minimum Gasteiger partial charge on any atom is -0.458 e. The van der Waals surface area contributed by atoms with Crippen molar-refractivity contribution in [1.82, 2.24) is 0 Å². The largest absolute Gasteiger partial charge is 0.497 e. The molecule has 0 bridgehead atoms. The molecule has 0 radical (unpaired) electrons. The zero-order valence-corrected chi connectivity index (χ0v) is 25.8. The molecule has 0 aliphatic rings. The van der Waals surface area contributed by atoms with Gasteiger partial charge in [-0.15, -0.1) is 4.89 Å². The number of ether oxygens (including phenoxy) is 2. The van der Waals surface area contributed by atoms with E-state index in [-0.39, 0.29) is 24.6 Å². The Balaban J connectivity index is 4.75. The summed E-state index contributed by atoms with van der Waals surface area (Å²) in [4.78, 5) is 23.7. The minimum atomic E-state index is -2.02. The smallest absolute Gasteiger partial charge is 0.458 e. The Kier molecular flexibility index (Phi) is 25.0. The number of rotatable bonds is 27. The number of hydrogen-bond donors (Lipinski definition) is 0. The minimum absolute atomic E-state index is 0.147. The average Bonchev–Trinajstić information content (AvgIpc) is 2.88. The molecule has 0 aromatic carbocycles. The molecule has 8 heteroatoms. The molecule has 4 unspecified atom stereocenters. The summed E-state index contributed by atoms with van der Waals surface area (Å²) in [5.41, 5.74) is -2.02. The fourth-order valence-electron chi connectivity index (χ4n) is 3.93. The standard InChI is InChI=1S/C28H55O6PS/c1-6-10-12-14-15-16-17-19-21-24-36-26(22-20-18-13-11-7-2)25(5)33-34-28(35-30,32-23-8-3)27(29)31-9-4/h25-26H,6-24H2,1-5H3/p+1. The normalized spacial score (nSPS) is 15.0. The number of esters is 1. The van der Waals surface area contributed by atoms with Crippen LogP contribution in [0.25, 0.3) is 0 Å². The van der Waals surface area contributed by atoms with E-state index in [0.717, 1.165) is 18.6 Å². The van der Waals surface area contributed by atoms with Crippen LogP contribution in [0.15, 0.2) is 0 Å². The molecule has 0 saturated heterocycles. The van der Waals surface area contributed by atoms with Crippen molar-refractivity contribution in [2.45, 2.75) is 154 Å². The number of hydrogen-bond acceptors (Lipinski definition) is 7. The number of carbonyl (C=O) groups excluding carboxylic acids is 1. The topological polar surface area (TPSA) is 71.1 Å². The van der Waals surface area contributed by atoms with E-state index in [4.69, 9.17) is 19.2 Å². The Labute approximate surface area is 227 Å². The second kappa shape index (κ2) is 25.1. The van der Waals surface area contributed by atoms with Crippen molar-refractivity contribution < 1.29 is 28.6 Å². The van der Waals surface area contributed by atoms with Crippen molar-refractivity contribution in [2.75, 3.05) is 19.0 Å². The van der Waals surface area contributed by atoms with Crippen LogP contribution in [0, 0.1) is 0 Å². The first-order valence-corrected chi connectivity index (χ1v) is 16.6. The van der Waals surface area contributed by atoms with Crippen LogP contribution in [0.2, 0.25) is 0 Å². The van der Waals surface area contributed by atoms with E-state index in [0.29, 0.717) is 6.42 Å². The van der Waals surface area contributed by atoms with E-state index < -0.39 is 20.0 Å². The molecule has 0 aromatic heterocycles. The quantitative estimate of drug-likeness (QED) is 0.0252. The summed E-state index contributed by atoms with van der Waals surface area (Å²) >= 11 is 1.93. The molecular formula is C28H56O6PS+. The molecule has 0 fully saturated rings. The summed E-state index contributed by atoms with van der Waals surface area (Å²) < 4.78 is 22.6. The van der Waals surface area contributed by atoms with Crippen LogP contribution in [-0.2, 0) is 28.6 Å². The number of thioether (sulfide) groups is 1. The fourth-order valence-corrected chi connectivity index (χ4v) is 5.65. The summed E-state index contributed by atoms with van der Waals surface area (Å²) in [6.07, 6.45) is 19.4. The Morgan fingerprint density at radius 3 is 1.89 bits per heavy atom. The lowest BCUT2D eigenvalue weighted by molar-refractivity contribution is -0.403. The predicted molar refractivity (Wildman–Crippen MR) is 153 cm³/mol. The first-order chi connectivity index (χ1) is 17.5. The summed E-state index contributed by atoms with van der Waals surface area (Å²) in [7, 11) is -1.19.